The van der Waals surface area contributed by atoms with Gasteiger partial charge < -0.3 is 10.5 Å². The van der Waals surface area contributed by atoms with Crippen molar-refractivity contribution in [1.29, 1.82) is 0 Å². The molecule has 0 unspecified atom stereocenters. The van der Waals surface area contributed by atoms with Gasteiger partial charge in [0.05, 0.1) is 11.0 Å². The summed E-state index contributed by atoms with van der Waals surface area (Å²) in [5.41, 5.74) is 5.32. The van der Waals surface area contributed by atoms with Crippen molar-refractivity contribution in [1.82, 2.24) is 0 Å². The van der Waals surface area contributed by atoms with Gasteiger partial charge in [-0.25, -0.2) is 4.39 Å². The van der Waals surface area contributed by atoms with Crippen molar-refractivity contribution in [2.75, 3.05) is 13.2 Å². The fourth-order valence-electron chi connectivity index (χ4n) is 1.25. The highest BCUT2D eigenvalue weighted by atomic mass is 19.1. The predicted molar refractivity (Wildman–Crippen MR) is 61.5 cm³/mol. The largest absolute Gasteiger partial charge is 0.486 e. The van der Waals surface area contributed by atoms with E-state index in [4.69, 9.17) is 10.5 Å². The van der Waals surface area contributed by atoms with E-state index in [1.54, 1.807) is 12.2 Å². The Balaban J connectivity index is 2.84. The minimum absolute atomic E-state index is 0.00484. The molecule has 0 spiro atoms. The highest BCUT2D eigenvalue weighted by Gasteiger charge is 2.15. The maximum Gasteiger partial charge on any atom is 0.275 e. The molecule has 0 saturated carbocycles. The average molecular weight is 240 g/mol. The van der Waals surface area contributed by atoms with Crippen LogP contribution < -0.4 is 10.5 Å². The second kappa shape index (κ2) is 5.95. The molecular formula is C11H13FN2O3. The maximum absolute atomic E-state index is 13.4. The second-order valence-electron chi connectivity index (χ2n) is 3.34. The lowest BCUT2D eigenvalue weighted by molar-refractivity contribution is -0.385. The number of nitrogens with two attached hydrogens (primary N) is 1. The number of hydrogen-bond donors (Lipinski definition) is 1. The van der Waals surface area contributed by atoms with Crippen LogP contribution in [0.3, 0.4) is 0 Å². The van der Waals surface area contributed by atoms with Gasteiger partial charge in [0.15, 0.2) is 11.6 Å². The summed E-state index contributed by atoms with van der Waals surface area (Å²) < 4.78 is 18.5. The van der Waals surface area contributed by atoms with Gasteiger partial charge in [0.1, 0.15) is 6.61 Å². The summed E-state index contributed by atoms with van der Waals surface area (Å²) in [6.45, 7) is 2.08. The lowest BCUT2D eigenvalue weighted by Crippen LogP contribution is -2.00. The highest BCUT2D eigenvalue weighted by Crippen LogP contribution is 2.26. The quantitative estimate of drug-likeness (QED) is 0.484. The number of nitro groups is 1. The molecule has 0 aromatic heterocycles. The smallest absolute Gasteiger partial charge is 0.275 e. The third-order valence-electron chi connectivity index (χ3n) is 2.08. The minimum atomic E-state index is -0.747. The SMILES string of the molecule is Cc1cc(OC/C=C/CN)c(F)cc1[N+](=O)[O-]. The molecule has 0 aliphatic rings. The van der Waals surface area contributed by atoms with Crippen LogP contribution in [0.4, 0.5) is 10.1 Å². The molecule has 0 radical (unpaired) electrons. The molecule has 17 heavy (non-hydrogen) atoms. The molecule has 0 aliphatic carbocycles. The first-order valence-corrected chi connectivity index (χ1v) is 4.98. The van der Waals surface area contributed by atoms with Crippen molar-refractivity contribution in [3.8, 4) is 5.75 Å². The zero-order valence-corrected chi connectivity index (χ0v) is 9.35. The number of nitro benzene ring substituents is 1. The summed E-state index contributed by atoms with van der Waals surface area (Å²) in [7, 11) is 0. The van der Waals surface area contributed by atoms with Crippen LogP contribution in [0, 0.1) is 22.9 Å². The second-order valence-corrected chi connectivity index (χ2v) is 3.34. The molecule has 0 atom stereocenters. The molecule has 0 amide bonds. The van der Waals surface area contributed by atoms with Crippen molar-refractivity contribution in [2.45, 2.75) is 6.92 Å². The fourth-order valence-corrected chi connectivity index (χ4v) is 1.25. The molecule has 1 aromatic rings. The van der Waals surface area contributed by atoms with Crippen molar-refractivity contribution in [2.24, 2.45) is 5.73 Å². The van der Waals surface area contributed by atoms with Crippen LogP contribution in [0.2, 0.25) is 0 Å². The van der Waals surface area contributed by atoms with Crippen LogP contribution in [-0.4, -0.2) is 18.1 Å². The Hall–Kier alpha value is -1.95. The van der Waals surface area contributed by atoms with Gasteiger partial charge in [0.2, 0.25) is 0 Å². The number of nitrogens with zero attached hydrogens (tertiary/aromatic N) is 1. The molecule has 6 heteroatoms. The van der Waals surface area contributed by atoms with Crippen molar-refractivity contribution in [3.63, 3.8) is 0 Å². The average Bonchev–Trinajstić information content (AvgIpc) is 2.28. The van der Waals surface area contributed by atoms with Gasteiger partial charge in [0, 0.05) is 12.1 Å². The Labute approximate surface area is 97.8 Å². The molecule has 92 valence electrons. The molecular weight excluding hydrogens is 227 g/mol. The van der Waals surface area contributed by atoms with Gasteiger partial charge in [-0.1, -0.05) is 12.2 Å². The standard InChI is InChI=1S/C11H13FN2O3/c1-8-6-11(17-5-3-2-4-13)9(12)7-10(8)14(15)16/h2-3,6-7H,4-5,13H2,1H3/b3-2+. The van der Waals surface area contributed by atoms with E-state index in [0.717, 1.165) is 6.07 Å². The summed E-state index contributed by atoms with van der Waals surface area (Å²) in [5, 5.41) is 10.6. The van der Waals surface area contributed by atoms with E-state index in [1.807, 2.05) is 0 Å². The first-order valence-electron chi connectivity index (χ1n) is 4.98. The first kappa shape index (κ1) is 13.1. The van der Waals surface area contributed by atoms with Gasteiger partial charge >= 0.3 is 0 Å². The Morgan fingerprint density at radius 3 is 2.82 bits per heavy atom. The summed E-state index contributed by atoms with van der Waals surface area (Å²) in [6, 6.07) is 2.17. The molecule has 0 saturated heterocycles. The normalized spacial score (nSPS) is 10.8. The summed E-state index contributed by atoms with van der Waals surface area (Å²) in [5.74, 6) is -0.752. The number of halogens is 1. The third kappa shape index (κ3) is 3.53. The monoisotopic (exact) mass is 240 g/mol. The molecule has 1 aromatic carbocycles. The van der Waals surface area contributed by atoms with Crippen molar-refractivity contribution in [3.05, 3.63) is 45.8 Å². The van der Waals surface area contributed by atoms with Gasteiger partial charge in [-0.05, 0) is 13.0 Å². The lowest BCUT2D eigenvalue weighted by Gasteiger charge is -2.06. The molecule has 2 N–H and O–H groups in total. The van der Waals surface area contributed by atoms with Crippen molar-refractivity contribution < 1.29 is 14.1 Å². The van der Waals surface area contributed by atoms with Crippen LogP contribution in [-0.2, 0) is 0 Å². The van der Waals surface area contributed by atoms with Crippen molar-refractivity contribution >= 4 is 5.69 Å². The predicted octanol–water partition coefficient (Wildman–Crippen LogP) is 1.94. The Kier molecular flexibility index (Phi) is 4.59. The van der Waals surface area contributed by atoms with Crippen LogP contribution in [0.15, 0.2) is 24.3 Å². The van der Waals surface area contributed by atoms with E-state index in [2.05, 4.69) is 0 Å². The molecule has 0 bridgehead atoms. The van der Waals surface area contributed by atoms with E-state index in [-0.39, 0.29) is 18.0 Å². The van der Waals surface area contributed by atoms with Gasteiger partial charge in [-0.3, -0.25) is 10.1 Å². The molecule has 0 aliphatic heterocycles. The van der Waals surface area contributed by atoms with E-state index >= 15 is 0 Å². The van der Waals surface area contributed by atoms with Crippen LogP contribution in [0.25, 0.3) is 0 Å². The number of hydrogen-bond acceptors (Lipinski definition) is 4. The van der Waals surface area contributed by atoms with E-state index in [0.29, 0.717) is 12.1 Å². The summed E-state index contributed by atoms with van der Waals surface area (Å²) in [4.78, 5) is 9.93. The fraction of sp³-hybridized carbons (Fsp3) is 0.273. The van der Waals surface area contributed by atoms with E-state index in [1.165, 1.54) is 13.0 Å². The van der Waals surface area contributed by atoms with Gasteiger partial charge in [0.25, 0.3) is 5.69 Å². The third-order valence-corrected chi connectivity index (χ3v) is 2.08. The lowest BCUT2D eigenvalue weighted by atomic mass is 10.2. The molecule has 5 nitrogen and oxygen atoms in total. The van der Waals surface area contributed by atoms with Crippen LogP contribution in [0.5, 0.6) is 5.75 Å². The zero-order valence-electron chi connectivity index (χ0n) is 9.35. The minimum Gasteiger partial charge on any atom is -0.486 e. The molecule has 1 rings (SSSR count). The maximum atomic E-state index is 13.4. The Bertz CT molecular complexity index is 447. The summed E-state index contributed by atoms with van der Waals surface area (Å²) >= 11 is 0. The number of ether oxygens (including phenoxy) is 1. The first-order chi connectivity index (χ1) is 8.06. The van der Waals surface area contributed by atoms with Crippen LogP contribution >= 0.6 is 0 Å². The van der Waals surface area contributed by atoms with Gasteiger partial charge in [-0.15, -0.1) is 0 Å². The van der Waals surface area contributed by atoms with Gasteiger partial charge in [-0.2, -0.15) is 0 Å². The summed E-state index contributed by atoms with van der Waals surface area (Å²) in [6.07, 6.45) is 3.33. The van der Waals surface area contributed by atoms with E-state index < -0.39 is 10.7 Å². The zero-order chi connectivity index (χ0) is 12.8. The molecule has 0 fully saturated rings. The molecule has 0 heterocycles. The van der Waals surface area contributed by atoms with Crippen LogP contribution in [0.1, 0.15) is 5.56 Å². The number of rotatable bonds is 5. The topological polar surface area (TPSA) is 78.4 Å². The number of benzene rings is 1. The Morgan fingerprint density at radius 1 is 1.53 bits per heavy atom. The van der Waals surface area contributed by atoms with E-state index in [9.17, 15) is 14.5 Å². The Morgan fingerprint density at radius 2 is 2.24 bits per heavy atom. The highest BCUT2D eigenvalue weighted by molar-refractivity contribution is 5.45. The number of aryl methyl sites for hydroxylation is 1.